The predicted molar refractivity (Wildman–Crippen MR) is 79.7 cm³/mol. The molecule has 1 saturated heterocycles. The second-order valence-electron chi connectivity index (χ2n) is 5.81. The summed E-state index contributed by atoms with van der Waals surface area (Å²) in [5.74, 6) is 0. The largest absolute Gasteiger partial charge is 0.395 e. The average molecular weight is 273 g/mol. The Bertz CT molecular complexity index is 578. The zero-order valence-corrected chi connectivity index (χ0v) is 12.1. The van der Waals surface area contributed by atoms with E-state index in [4.69, 9.17) is 4.98 Å². The summed E-state index contributed by atoms with van der Waals surface area (Å²) in [6, 6.07) is 4.44. The molecule has 1 N–H and O–H groups in total. The van der Waals surface area contributed by atoms with E-state index >= 15 is 0 Å². The normalized spacial score (nSPS) is 21.2. The highest BCUT2D eigenvalue weighted by molar-refractivity contribution is 5.47. The van der Waals surface area contributed by atoms with Crippen molar-refractivity contribution in [3.63, 3.8) is 0 Å². The van der Waals surface area contributed by atoms with E-state index in [-0.39, 0.29) is 6.61 Å². The van der Waals surface area contributed by atoms with Crippen LogP contribution in [0, 0.1) is 6.92 Å². The molecule has 3 heterocycles. The summed E-state index contributed by atoms with van der Waals surface area (Å²) < 4.78 is 2.09. The molecule has 0 saturated carbocycles. The first kappa shape index (κ1) is 13.6. The zero-order chi connectivity index (χ0) is 13.9. The second-order valence-corrected chi connectivity index (χ2v) is 5.81. The summed E-state index contributed by atoms with van der Waals surface area (Å²) in [5, 5.41) is 9.58. The van der Waals surface area contributed by atoms with E-state index in [1.807, 2.05) is 6.20 Å². The van der Waals surface area contributed by atoms with Gasteiger partial charge in [0.2, 0.25) is 0 Å². The fourth-order valence-corrected chi connectivity index (χ4v) is 3.14. The van der Waals surface area contributed by atoms with Crippen molar-refractivity contribution in [1.82, 2.24) is 14.3 Å². The molecule has 0 bridgehead atoms. The maximum atomic E-state index is 9.58. The molecule has 0 aromatic carbocycles. The van der Waals surface area contributed by atoms with Crippen LogP contribution in [0.1, 0.15) is 36.9 Å². The number of pyridine rings is 1. The number of aryl methyl sites for hydroxylation is 1. The van der Waals surface area contributed by atoms with Crippen LogP contribution < -0.4 is 0 Å². The molecule has 108 valence electrons. The third-order valence-corrected chi connectivity index (χ3v) is 4.30. The lowest BCUT2D eigenvalue weighted by Gasteiger charge is -2.27. The molecule has 2 aromatic heterocycles. The Balaban J connectivity index is 1.82. The van der Waals surface area contributed by atoms with Gasteiger partial charge in [-0.1, -0.05) is 18.9 Å². The summed E-state index contributed by atoms with van der Waals surface area (Å²) in [6.45, 7) is 4.26. The van der Waals surface area contributed by atoms with Crippen LogP contribution in [0.4, 0.5) is 0 Å². The molecule has 2 aromatic rings. The monoisotopic (exact) mass is 273 g/mol. The van der Waals surface area contributed by atoms with Gasteiger partial charge in [-0.15, -0.1) is 0 Å². The third kappa shape index (κ3) is 2.72. The first-order valence-electron chi connectivity index (χ1n) is 7.56. The van der Waals surface area contributed by atoms with Gasteiger partial charge >= 0.3 is 0 Å². The molecule has 20 heavy (non-hydrogen) atoms. The molecule has 1 aliphatic rings. The van der Waals surface area contributed by atoms with Crippen molar-refractivity contribution in [3.8, 4) is 0 Å². The van der Waals surface area contributed by atoms with Crippen LogP contribution in [0.3, 0.4) is 0 Å². The number of fused-ring (bicyclic) bond motifs is 1. The Kier molecular flexibility index (Phi) is 4.03. The van der Waals surface area contributed by atoms with Crippen LogP contribution in [0.2, 0.25) is 0 Å². The van der Waals surface area contributed by atoms with Gasteiger partial charge in [-0.2, -0.15) is 0 Å². The van der Waals surface area contributed by atoms with E-state index in [0.717, 1.165) is 30.9 Å². The van der Waals surface area contributed by atoms with Crippen molar-refractivity contribution >= 4 is 5.65 Å². The minimum Gasteiger partial charge on any atom is -0.395 e. The number of rotatable bonds is 3. The summed E-state index contributed by atoms with van der Waals surface area (Å²) >= 11 is 0. The van der Waals surface area contributed by atoms with Gasteiger partial charge in [0.1, 0.15) is 5.65 Å². The molecule has 1 aliphatic heterocycles. The Labute approximate surface area is 120 Å². The molecule has 0 spiro atoms. The molecule has 1 atom stereocenters. The average Bonchev–Trinajstić information content (AvgIpc) is 2.73. The number of aliphatic hydroxyl groups is 1. The number of aliphatic hydroxyl groups excluding tert-OH is 1. The zero-order valence-electron chi connectivity index (χ0n) is 12.1. The number of likely N-dealkylation sites (tertiary alicyclic amines) is 1. The Morgan fingerprint density at radius 3 is 3.05 bits per heavy atom. The molecule has 4 nitrogen and oxygen atoms in total. The van der Waals surface area contributed by atoms with Crippen molar-refractivity contribution in [2.75, 3.05) is 13.2 Å². The van der Waals surface area contributed by atoms with E-state index < -0.39 is 0 Å². The molecule has 0 radical (unpaired) electrons. The van der Waals surface area contributed by atoms with Gasteiger partial charge in [0, 0.05) is 25.0 Å². The van der Waals surface area contributed by atoms with Crippen molar-refractivity contribution in [1.29, 1.82) is 0 Å². The molecular formula is C16H23N3O. The summed E-state index contributed by atoms with van der Waals surface area (Å²) in [4.78, 5) is 7.14. The number of hydrogen-bond acceptors (Lipinski definition) is 3. The number of nitrogens with zero attached hydrogens (tertiary/aromatic N) is 3. The van der Waals surface area contributed by atoms with E-state index in [1.165, 1.54) is 24.8 Å². The molecule has 4 heteroatoms. The highest BCUT2D eigenvalue weighted by atomic mass is 16.3. The Morgan fingerprint density at radius 1 is 1.35 bits per heavy atom. The van der Waals surface area contributed by atoms with E-state index in [2.05, 4.69) is 34.6 Å². The maximum Gasteiger partial charge on any atom is 0.139 e. The van der Waals surface area contributed by atoms with Gasteiger partial charge in [-0.25, -0.2) is 4.98 Å². The quantitative estimate of drug-likeness (QED) is 0.933. The summed E-state index contributed by atoms with van der Waals surface area (Å²) in [6.07, 6.45) is 8.99. The van der Waals surface area contributed by atoms with Crippen LogP contribution in [-0.2, 0) is 6.54 Å². The minimum absolute atomic E-state index is 0.256. The lowest BCUT2D eigenvalue weighted by Crippen LogP contribution is -2.37. The van der Waals surface area contributed by atoms with Crippen LogP contribution in [0.15, 0.2) is 24.5 Å². The summed E-state index contributed by atoms with van der Waals surface area (Å²) in [5.41, 5.74) is 3.34. The van der Waals surface area contributed by atoms with Crippen LogP contribution in [-0.4, -0.2) is 38.6 Å². The van der Waals surface area contributed by atoms with E-state index in [9.17, 15) is 5.11 Å². The lowest BCUT2D eigenvalue weighted by atomic mass is 10.1. The highest BCUT2D eigenvalue weighted by Crippen LogP contribution is 2.19. The molecule has 0 amide bonds. The molecule has 1 fully saturated rings. The van der Waals surface area contributed by atoms with E-state index in [0.29, 0.717) is 6.04 Å². The Morgan fingerprint density at radius 2 is 2.25 bits per heavy atom. The Hall–Kier alpha value is -1.39. The van der Waals surface area contributed by atoms with E-state index in [1.54, 1.807) is 0 Å². The van der Waals surface area contributed by atoms with Crippen LogP contribution in [0.5, 0.6) is 0 Å². The molecule has 0 aliphatic carbocycles. The minimum atomic E-state index is 0.256. The SMILES string of the molecule is Cc1cccn2cc(CN3CCCCCC3CO)nc12. The van der Waals surface area contributed by atoms with Gasteiger partial charge in [0.15, 0.2) is 0 Å². The lowest BCUT2D eigenvalue weighted by molar-refractivity contribution is 0.117. The van der Waals surface area contributed by atoms with Gasteiger partial charge in [0.05, 0.1) is 12.3 Å². The van der Waals surface area contributed by atoms with Gasteiger partial charge in [-0.3, -0.25) is 4.90 Å². The van der Waals surface area contributed by atoms with Crippen LogP contribution in [0.25, 0.3) is 5.65 Å². The summed E-state index contributed by atoms with van der Waals surface area (Å²) in [7, 11) is 0. The van der Waals surface area contributed by atoms with Gasteiger partial charge < -0.3 is 9.51 Å². The maximum absolute atomic E-state index is 9.58. The fraction of sp³-hybridized carbons (Fsp3) is 0.562. The number of aromatic nitrogens is 2. The van der Waals surface area contributed by atoms with Crippen molar-refractivity contribution in [3.05, 3.63) is 35.8 Å². The smallest absolute Gasteiger partial charge is 0.139 e. The van der Waals surface area contributed by atoms with Crippen molar-refractivity contribution < 1.29 is 5.11 Å². The third-order valence-electron chi connectivity index (χ3n) is 4.30. The molecular weight excluding hydrogens is 250 g/mol. The number of hydrogen-bond donors (Lipinski definition) is 1. The number of imidazole rings is 1. The topological polar surface area (TPSA) is 40.8 Å². The second kappa shape index (κ2) is 5.94. The first-order valence-corrected chi connectivity index (χ1v) is 7.56. The standard InChI is InChI=1S/C16H23N3O/c1-13-6-5-9-19-11-14(17-16(13)19)10-18-8-4-2-3-7-15(18)12-20/h5-6,9,11,15,20H,2-4,7-8,10,12H2,1H3. The highest BCUT2D eigenvalue weighted by Gasteiger charge is 2.21. The molecule has 3 rings (SSSR count). The van der Waals surface area contributed by atoms with Crippen LogP contribution >= 0.6 is 0 Å². The van der Waals surface area contributed by atoms with Gasteiger partial charge in [-0.05, 0) is 37.9 Å². The first-order chi connectivity index (χ1) is 9.78. The molecule has 1 unspecified atom stereocenters. The van der Waals surface area contributed by atoms with Gasteiger partial charge in [0.25, 0.3) is 0 Å². The predicted octanol–water partition coefficient (Wildman–Crippen LogP) is 2.38. The van der Waals surface area contributed by atoms with Crippen molar-refractivity contribution in [2.24, 2.45) is 0 Å². The van der Waals surface area contributed by atoms with Crippen molar-refractivity contribution in [2.45, 2.75) is 45.2 Å². The fourth-order valence-electron chi connectivity index (χ4n) is 3.14.